The predicted octanol–water partition coefficient (Wildman–Crippen LogP) is 0.851. The molecule has 0 aliphatic heterocycles. The van der Waals surface area contributed by atoms with Crippen molar-refractivity contribution in [2.45, 2.75) is 40.2 Å². The van der Waals surface area contributed by atoms with E-state index in [1.807, 2.05) is 18.7 Å². The smallest absolute Gasteiger partial charge is 0.234 e. The van der Waals surface area contributed by atoms with E-state index in [9.17, 15) is 4.79 Å². The lowest BCUT2D eigenvalue weighted by molar-refractivity contribution is -0.123. The van der Waals surface area contributed by atoms with Crippen LogP contribution in [0.15, 0.2) is 0 Å². The molecule has 1 amide bonds. The molecule has 0 rings (SSSR count). The highest BCUT2D eigenvalue weighted by atomic mass is 16.3. The van der Waals surface area contributed by atoms with Crippen LogP contribution in [0.25, 0.3) is 0 Å². The molecule has 0 saturated heterocycles. The first kappa shape index (κ1) is 15.4. The van der Waals surface area contributed by atoms with Crippen molar-refractivity contribution in [3.63, 3.8) is 0 Å². The Hall–Kier alpha value is -0.610. The van der Waals surface area contributed by atoms with Crippen LogP contribution in [0.2, 0.25) is 0 Å². The lowest BCUT2D eigenvalue weighted by Crippen LogP contribution is -2.43. The van der Waals surface area contributed by atoms with Crippen molar-refractivity contribution >= 4 is 5.91 Å². The van der Waals surface area contributed by atoms with Gasteiger partial charge in [-0.25, -0.2) is 0 Å². The van der Waals surface area contributed by atoms with Gasteiger partial charge >= 0.3 is 0 Å². The molecule has 4 nitrogen and oxygen atoms in total. The number of carbonyl (C=O) groups excluding carboxylic acids is 1. The quantitative estimate of drug-likeness (QED) is 0.650. The maximum absolute atomic E-state index is 11.7. The van der Waals surface area contributed by atoms with Crippen molar-refractivity contribution in [2.24, 2.45) is 5.92 Å². The summed E-state index contributed by atoms with van der Waals surface area (Å²) >= 11 is 0. The molecule has 0 aromatic rings. The molecular weight excluding hydrogens is 204 g/mol. The van der Waals surface area contributed by atoms with Gasteiger partial charge in [0.15, 0.2) is 0 Å². The summed E-state index contributed by atoms with van der Waals surface area (Å²) in [4.78, 5) is 13.7. The molecule has 0 aliphatic carbocycles. The fraction of sp³-hybridized carbons (Fsp3) is 0.917. The molecule has 0 aliphatic rings. The summed E-state index contributed by atoms with van der Waals surface area (Å²) in [6, 6.07) is 0.212. The second-order valence-corrected chi connectivity index (χ2v) is 4.55. The van der Waals surface area contributed by atoms with Crippen molar-refractivity contribution in [2.75, 3.05) is 26.2 Å². The van der Waals surface area contributed by atoms with Gasteiger partial charge in [-0.2, -0.15) is 0 Å². The Morgan fingerprint density at radius 3 is 2.44 bits per heavy atom. The molecule has 4 heteroatoms. The third-order valence-corrected chi connectivity index (χ3v) is 2.84. The molecule has 1 atom stereocenters. The van der Waals surface area contributed by atoms with Crippen LogP contribution in [0.1, 0.15) is 34.1 Å². The molecule has 0 fully saturated rings. The maximum atomic E-state index is 11.7. The van der Waals surface area contributed by atoms with Crippen LogP contribution in [-0.2, 0) is 4.79 Å². The Morgan fingerprint density at radius 1 is 1.38 bits per heavy atom. The van der Waals surface area contributed by atoms with Gasteiger partial charge in [0.1, 0.15) is 0 Å². The van der Waals surface area contributed by atoms with Gasteiger partial charge in [0.2, 0.25) is 5.91 Å². The Kier molecular flexibility index (Phi) is 8.21. The topological polar surface area (TPSA) is 52.6 Å². The third kappa shape index (κ3) is 6.80. The normalized spacial score (nSPS) is 13.2. The number of carbonyl (C=O) groups is 1. The minimum Gasteiger partial charge on any atom is -0.396 e. The highest BCUT2D eigenvalue weighted by molar-refractivity contribution is 5.78. The fourth-order valence-electron chi connectivity index (χ4n) is 1.31. The van der Waals surface area contributed by atoms with Gasteiger partial charge in [-0.3, -0.25) is 9.69 Å². The molecule has 0 bridgehead atoms. The van der Waals surface area contributed by atoms with Crippen LogP contribution >= 0.6 is 0 Å². The second-order valence-electron chi connectivity index (χ2n) is 4.55. The van der Waals surface area contributed by atoms with Crippen LogP contribution in [-0.4, -0.2) is 48.2 Å². The van der Waals surface area contributed by atoms with Crippen LogP contribution in [0.4, 0.5) is 0 Å². The molecule has 2 N–H and O–H groups in total. The summed E-state index contributed by atoms with van der Waals surface area (Å²) in [7, 11) is 0. The van der Waals surface area contributed by atoms with Gasteiger partial charge in [-0.15, -0.1) is 0 Å². The third-order valence-electron chi connectivity index (χ3n) is 2.84. The SMILES string of the molecule is CCN(CCCO)CC(=O)NC(C)C(C)C. The molecule has 96 valence electrons. The van der Waals surface area contributed by atoms with Gasteiger partial charge in [-0.05, 0) is 25.8 Å². The van der Waals surface area contributed by atoms with E-state index >= 15 is 0 Å². The predicted molar refractivity (Wildman–Crippen MR) is 66.3 cm³/mol. The average molecular weight is 230 g/mol. The Bertz CT molecular complexity index is 195. The van der Waals surface area contributed by atoms with Crippen LogP contribution in [0, 0.1) is 5.92 Å². The number of hydrogen-bond acceptors (Lipinski definition) is 3. The Balaban J connectivity index is 3.91. The van der Waals surface area contributed by atoms with Gasteiger partial charge in [-0.1, -0.05) is 20.8 Å². The first-order valence-electron chi connectivity index (χ1n) is 6.13. The van der Waals surface area contributed by atoms with Crippen LogP contribution in [0.3, 0.4) is 0 Å². The van der Waals surface area contributed by atoms with E-state index in [4.69, 9.17) is 5.11 Å². The largest absolute Gasteiger partial charge is 0.396 e. The van der Waals surface area contributed by atoms with Crippen LogP contribution < -0.4 is 5.32 Å². The summed E-state index contributed by atoms with van der Waals surface area (Å²) in [5.74, 6) is 0.525. The van der Waals surface area contributed by atoms with Gasteiger partial charge in [0.05, 0.1) is 6.54 Å². The fourth-order valence-corrected chi connectivity index (χ4v) is 1.31. The first-order chi connectivity index (χ1) is 7.51. The lowest BCUT2D eigenvalue weighted by atomic mass is 10.1. The molecule has 0 aromatic heterocycles. The molecule has 1 unspecified atom stereocenters. The van der Waals surface area contributed by atoms with E-state index in [0.717, 1.165) is 19.5 Å². The summed E-state index contributed by atoms with van der Waals surface area (Å²) < 4.78 is 0. The van der Waals surface area contributed by atoms with E-state index in [2.05, 4.69) is 19.2 Å². The Labute approximate surface area is 99.0 Å². The molecule has 0 spiro atoms. The standard InChI is InChI=1S/C12H26N2O2/c1-5-14(7-6-8-15)9-12(16)13-11(4)10(2)3/h10-11,15H,5-9H2,1-4H3,(H,13,16). The summed E-state index contributed by atoms with van der Waals surface area (Å²) in [5, 5.41) is 11.7. The average Bonchev–Trinajstić information content (AvgIpc) is 2.23. The van der Waals surface area contributed by atoms with Gasteiger partial charge in [0.25, 0.3) is 0 Å². The summed E-state index contributed by atoms with van der Waals surface area (Å²) in [6.45, 7) is 10.4. The van der Waals surface area contributed by atoms with E-state index < -0.39 is 0 Å². The zero-order valence-electron chi connectivity index (χ0n) is 11.0. The highest BCUT2D eigenvalue weighted by Gasteiger charge is 2.13. The van der Waals surface area contributed by atoms with Gasteiger partial charge in [0, 0.05) is 19.2 Å². The van der Waals surface area contributed by atoms with E-state index in [1.54, 1.807) is 0 Å². The highest BCUT2D eigenvalue weighted by Crippen LogP contribution is 2.00. The first-order valence-corrected chi connectivity index (χ1v) is 6.13. The van der Waals surface area contributed by atoms with Crippen LogP contribution in [0.5, 0.6) is 0 Å². The van der Waals surface area contributed by atoms with Crippen molar-refractivity contribution < 1.29 is 9.90 Å². The zero-order valence-corrected chi connectivity index (χ0v) is 11.0. The van der Waals surface area contributed by atoms with E-state index in [-0.39, 0.29) is 18.6 Å². The van der Waals surface area contributed by atoms with E-state index in [1.165, 1.54) is 0 Å². The van der Waals surface area contributed by atoms with Crippen molar-refractivity contribution in [1.82, 2.24) is 10.2 Å². The summed E-state index contributed by atoms with van der Waals surface area (Å²) in [6.07, 6.45) is 0.723. The molecular formula is C12H26N2O2. The zero-order chi connectivity index (χ0) is 12.6. The number of aliphatic hydroxyl groups excluding tert-OH is 1. The van der Waals surface area contributed by atoms with Crippen molar-refractivity contribution in [3.8, 4) is 0 Å². The minimum absolute atomic E-state index is 0.0704. The molecule has 0 radical (unpaired) electrons. The Morgan fingerprint density at radius 2 is 2.00 bits per heavy atom. The second kappa shape index (κ2) is 8.53. The summed E-state index contributed by atoms with van der Waals surface area (Å²) in [5.41, 5.74) is 0. The number of likely N-dealkylation sites (N-methyl/N-ethyl adjacent to an activating group) is 1. The van der Waals surface area contributed by atoms with Gasteiger partial charge < -0.3 is 10.4 Å². The lowest BCUT2D eigenvalue weighted by Gasteiger charge is -2.22. The molecule has 16 heavy (non-hydrogen) atoms. The minimum atomic E-state index is 0.0704. The number of amides is 1. The maximum Gasteiger partial charge on any atom is 0.234 e. The monoisotopic (exact) mass is 230 g/mol. The molecule has 0 saturated carbocycles. The number of nitrogens with zero attached hydrogens (tertiary/aromatic N) is 1. The number of hydrogen-bond donors (Lipinski definition) is 2. The molecule has 0 aromatic carbocycles. The van der Waals surface area contributed by atoms with E-state index in [0.29, 0.717) is 12.5 Å². The number of aliphatic hydroxyl groups is 1. The molecule has 0 heterocycles. The number of rotatable bonds is 8. The van der Waals surface area contributed by atoms with Crippen molar-refractivity contribution in [1.29, 1.82) is 0 Å². The van der Waals surface area contributed by atoms with Crippen molar-refractivity contribution in [3.05, 3.63) is 0 Å². The number of nitrogens with one attached hydrogen (secondary N) is 1.